The van der Waals surface area contributed by atoms with Gasteiger partial charge in [0.25, 0.3) is 0 Å². The third kappa shape index (κ3) is 1.97. The van der Waals surface area contributed by atoms with Crippen LogP contribution in [0.2, 0.25) is 0 Å². The first-order valence-corrected chi connectivity index (χ1v) is 5.68. The summed E-state index contributed by atoms with van der Waals surface area (Å²) in [5.74, 6) is 0.792. The molecule has 0 fully saturated rings. The van der Waals surface area contributed by atoms with Gasteiger partial charge < -0.3 is 9.67 Å². The van der Waals surface area contributed by atoms with Gasteiger partial charge in [0.15, 0.2) is 0 Å². The van der Waals surface area contributed by atoms with Crippen molar-refractivity contribution >= 4 is 0 Å². The maximum Gasteiger partial charge on any atom is 0.144 e. The number of hydrogen-bond acceptors (Lipinski definition) is 2. The minimum Gasteiger partial charge on any atom is -0.378 e. The lowest BCUT2D eigenvalue weighted by atomic mass is 9.90. The van der Waals surface area contributed by atoms with Crippen LogP contribution in [-0.4, -0.2) is 14.7 Å². The van der Waals surface area contributed by atoms with Crippen LogP contribution in [0.3, 0.4) is 0 Å². The zero-order valence-electron chi connectivity index (χ0n) is 9.19. The Labute approximate surface area is 90.5 Å². The van der Waals surface area contributed by atoms with Crippen molar-refractivity contribution in [3.63, 3.8) is 0 Å². The fraction of sp³-hybridized carbons (Fsp3) is 0.583. The standard InChI is InChI=1S/C12H18N2O/c1-2-9-14-10-8-13-11(14)12(15)6-4-3-5-7-12/h4,6,8,10,15H,2-3,5,7,9H2,1H3. The highest BCUT2D eigenvalue weighted by molar-refractivity contribution is 5.16. The van der Waals surface area contributed by atoms with Crippen LogP contribution >= 0.6 is 0 Å². The van der Waals surface area contributed by atoms with Crippen LogP contribution in [-0.2, 0) is 12.1 Å². The number of nitrogens with zero attached hydrogens (tertiary/aromatic N) is 2. The van der Waals surface area contributed by atoms with Crippen molar-refractivity contribution in [3.8, 4) is 0 Å². The van der Waals surface area contributed by atoms with Gasteiger partial charge in [0.1, 0.15) is 11.4 Å². The number of aryl methyl sites for hydroxylation is 1. The number of aromatic nitrogens is 2. The quantitative estimate of drug-likeness (QED) is 0.770. The van der Waals surface area contributed by atoms with Crippen molar-refractivity contribution in [2.45, 2.75) is 44.8 Å². The van der Waals surface area contributed by atoms with Crippen molar-refractivity contribution in [1.29, 1.82) is 0 Å². The van der Waals surface area contributed by atoms with Crippen LogP contribution in [0.1, 0.15) is 38.4 Å². The SMILES string of the molecule is CCCn1ccnc1C1(O)C=CCCC1. The molecule has 0 saturated carbocycles. The topological polar surface area (TPSA) is 38.0 Å². The van der Waals surface area contributed by atoms with Crippen LogP contribution < -0.4 is 0 Å². The summed E-state index contributed by atoms with van der Waals surface area (Å²) in [7, 11) is 0. The van der Waals surface area contributed by atoms with E-state index in [0.29, 0.717) is 0 Å². The number of rotatable bonds is 3. The van der Waals surface area contributed by atoms with Crippen molar-refractivity contribution in [2.24, 2.45) is 0 Å². The predicted octanol–water partition coefficient (Wildman–Crippen LogP) is 2.22. The highest BCUT2D eigenvalue weighted by Gasteiger charge is 2.31. The smallest absolute Gasteiger partial charge is 0.144 e. The molecule has 1 N–H and O–H groups in total. The van der Waals surface area contributed by atoms with E-state index in [2.05, 4.69) is 22.6 Å². The average molecular weight is 206 g/mol. The van der Waals surface area contributed by atoms with Crippen LogP contribution in [0.5, 0.6) is 0 Å². The molecule has 1 aromatic heterocycles. The Hall–Kier alpha value is -1.09. The second kappa shape index (κ2) is 4.19. The molecule has 0 saturated heterocycles. The summed E-state index contributed by atoms with van der Waals surface area (Å²) >= 11 is 0. The lowest BCUT2D eigenvalue weighted by molar-refractivity contribution is 0.0593. The highest BCUT2D eigenvalue weighted by Crippen LogP contribution is 2.31. The first kappa shape index (κ1) is 10.4. The summed E-state index contributed by atoms with van der Waals surface area (Å²) in [5.41, 5.74) is -0.836. The Balaban J connectivity index is 2.30. The molecule has 0 radical (unpaired) electrons. The number of imidazole rings is 1. The fourth-order valence-corrected chi connectivity index (χ4v) is 2.15. The van der Waals surface area contributed by atoms with Crippen LogP contribution in [0.4, 0.5) is 0 Å². The molecule has 2 rings (SSSR count). The molecule has 1 aliphatic rings. The van der Waals surface area contributed by atoms with Gasteiger partial charge in [0.2, 0.25) is 0 Å². The molecular weight excluding hydrogens is 188 g/mol. The van der Waals surface area contributed by atoms with E-state index < -0.39 is 5.60 Å². The summed E-state index contributed by atoms with van der Waals surface area (Å²) < 4.78 is 2.05. The van der Waals surface area contributed by atoms with Crippen molar-refractivity contribution in [1.82, 2.24) is 9.55 Å². The molecular formula is C12H18N2O. The van der Waals surface area contributed by atoms with E-state index in [1.165, 1.54) is 0 Å². The lowest BCUT2D eigenvalue weighted by Crippen LogP contribution is -2.29. The first-order chi connectivity index (χ1) is 7.26. The average Bonchev–Trinajstić information content (AvgIpc) is 2.68. The van der Waals surface area contributed by atoms with Crippen LogP contribution in [0.15, 0.2) is 24.5 Å². The van der Waals surface area contributed by atoms with Crippen LogP contribution in [0, 0.1) is 0 Å². The molecule has 1 unspecified atom stereocenters. The van der Waals surface area contributed by atoms with E-state index in [1.54, 1.807) is 6.20 Å². The Bertz CT molecular complexity index is 356. The predicted molar refractivity (Wildman–Crippen MR) is 59.4 cm³/mol. The van der Waals surface area contributed by atoms with Crippen molar-refractivity contribution in [2.75, 3.05) is 0 Å². The summed E-state index contributed by atoms with van der Waals surface area (Å²) in [6.45, 7) is 3.05. The van der Waals surface area contributed by atoms with Gasteiger partial charge in [0, 0.05) is 18.9 Å². The summed E-state index contributed by atoms with van der Waals surface area (Å²) in [5, 5.41) is 10.5. The van der Waals surface area contributed by atoms with E-state index in [0.717, 1.165) is 38.1 Å². The van der Waals surface area contributed by atoms with Gasteiger partial charge >= 0.3 is 0 Å². The zero-order valence-corrected chi connectivity index (χ0v) is 9.19. The molecule has 0 amide bonds. The van der Waals surface area contributed by atoms with Crippen molar-refractivity contribution < 1.29 is 5.11 Å². The molecule has 3 heteroatoms. The second-order valence-electron chi connectivity index (χ2n) is 4.16. The second-order valence-corrected chi connectivity index (χ2v) is 4.16. The molecule has 0 aromatic carbocycles. The molecule has 3 nitrogen and oxygen atoms in total. The van der Waals surface area contributed by atoms with Gasteiger partial charge in [-0.05, 0) is 31.8 Å². The van der Waals surface area contributed by atoms with E-state index in [9.17, 15) is 5.11 Å². The number of allylic oxidation sites excluding steroid dienone is 1. The Kier molecular flexibility index (Phi) is 2.91. The van der Waals surface area contributed by atoms with Gasteiger partial charge in [0.05, 0.1) is 0 Å². The number of aliphatic hydroxyl groups is 1. The van der Waals surface area contributed by atoms with Gasteiger partial charge in [-0.15, -0.1) is 0 Å². The van der Waals surface area contributed by atoms with Crippen molar-refractivity contribution in [3.05, 3.63) is 30.4 Å². The fourth-order valence-electron chi connectivity index (χ4n) is 2.15. The molecule has 1 aromatic rings. The third-order valence-electron chi connectivity index (χ3n) is 2.89. The van der Waals surface area contributed by atoms with E-state index >= 15 is 0 Å². The monoisotopic (exact) mass is 206 g/mol. The highest BCUT2D eigenvalue weighted by atomic mass is 16.3. The zero-order chi connectivity index (χ0) is 10.7. The third-order valence-corrected chi connectivity index (χ3v) is 2.89. The Morgan fingerprint density at radius 2 is 2.47 bits per heavy atom. The normalized spacial score (nSPS) is 25.7. The molecule has 1 atom stereocenters. The van der Waals surface area contributed by atoms with Crippen LogP contribution in [0.25, 0.3) is 0 Å². The molecule has 15 heavy (non-hydrogen) atoms. The van der Waals surface area contributed by atoms with Gasteiger partial charge in [-0.1, -0.05) is 13.0 Å². The first-order valence-electron chi connectivity index (χ1n) is 5.68. The molecule has 82 valence electrons. The lowest BCUT2D eigenvalue weighted by Gasteiger charge is -2.27. The van der Waals surface area contributed by atoms with E-state index in [4.69, 9.17) is 0 Å². The summed E-state index contributed by atoms with van der Waals surface area (Å²) in [4.78, 5) is 4.29. The van der Waals surface area contributed by atoms with E-state index in [-0.39, 0.29) is 0 Å². The molecule has 0 bridgehead atoms. The minimum absolute atomic E-state index is 0.782. The number of hydrogen-bond donors (Lipinski definition) is 1. The summed E-state index contributed by atoms with van der Waals surface area (Å²) in [6, 6.07) is 0. The maximum absolute atomic E-state index is 10.5. The molecule has 0 spiro atoms. The van der Waals surface area contributed by atoms with E-state index in [1.807, 2.05) is 12.3 Å². The maximum atomic E-state index is 10.5. The summed E-state index contributed by atoms with van der Waals surface area (Å²) in [6.07, 6.45) is 11.6. The molecule has 1 aliphatic carbocycles. The van der Waals surface area contributed by atoms with Gasteiger partial charge in [-0.3, -0.25) is 0 Å². The Morgan fingerprint density at radius 1 is 1.60 bits per heavy atom. The Morgan fingerprint density at radius 3 is 3.13 bits per heavy atom. The van der Waals surface area contributed by atoms with Gasteiger partial charge in [-0.25, -0.2) is 4.98 Å². The largest absolute Gasteiger partial charge is 0.378 e. The molecule has 1 heterocycles. The minimum atomic E-state index is -0.836. The van der Waals surface area contributed by atoms with Gasteiger partial charge in [-0.2, -0.15) is 0 Å². The molecule has 0 aliphatic heterocycles.